The summed E-state index contributed by atoms with van der Waals surface area (Å²) in [6.45, 7) is 1.84. The summed E-state index contributed by atoms with van der Waals surface area (Å²) in [6.07, 6.45) is 0.989. The lowest BCUT2D eigenvalue weighted by Crippen LogP contribution is -2.25. The standard InChI is InChI=1S/C13H13N5O3S/c1-7-4-2-3-5-9(7)18-11(20)8(6-15-17-12(14)21)10(19)16-13(18)22/h2-6,20H,1H3,(H3,14,17,21)(H,16,19,22). The van der Waals surface area contributed by atoms with Crippen LogP contribution in [0.25, 0.3) is 5.69 Å². The summed E-state index contributed by atoms with van der Waals surface area (Å²) in [5.74, 6) is -0.391. The molecule has 0 aliphatic rings. The number of hydrogen-bond acceptors (Lipinski definition) is 5. The predicted molar refractivity (Wildman–Crippen MR) is 83.9 cm³/mol. The van der Waals surface area contributed by atoms with Crippen LogP contribution in [0.3, 0.4) is 0 Å². The summed E-state index contributed by atoms with van der Waals surface area (Å²) in [5.41, 5.74) is 7.46. The molecule has 5 N–H and O–H groups in total. The monoisotopic (exact) mass is 319 g/mol. The quantitative estimate of drug-likeness (QED) is 0.381. The summed E-state index contributed by atoms with van der Waals surface area (Å²) in [6, 6.07) is 6.30. The van der Waals surface area contributed by atoms with E-state index in [0.717, 1.165) is 11.8 Å². The number of aryl methyl sites for hydroxylation is 1. The summed E-state index contributed by atoms with van der Waals surface area (Å²) in [5, 5.41) is 13.8. The number of carbonyl (C=O) groups is 1. The molecular weight excluding hydrogens is 306 g/mol. The van der Waals surface area contributed by atoms with Gasteiger partial charge in [-0.1, -0.05) is 18.2 Å². The highest BCUT2D eigenvalue weighted by Gasteiger charge is 2.13. The van der Waals surface area contributed by atoms with Gasteiger partial charge in [0.15, 0.2) is 4.77 Å². The predicted octanol–water partition coefficient (Wildman–Crippen LogP) is 0.911. The van der Waals surface area contributed by atoms with Crippen LogP contribution in [0.15, 0.2) is 34.2 Å². The average molecular weight is 319 g/mol. The van der Waals surface area contributed by atoms with Crippen molar-refractivity contribution in [1.29, 1.82) is 0 Å². The number of aromatic hydroxyl groups is 1. The number of hydrogen-bond donors (Lipinski definition) is 4. The lowest BCUT2D eigenvalue weighted by Gasteiger charge is -2.13. The van der Waals surface area contributed by atoms with Gasteiger partial charge >= 0.3 is 6.03 Å². The molecule has 0 bridgehead atoms. The Morgan fingerprint density at radius 1 is 1.50 bits per heavy atom. The minimum absolute atomic E-state index is 0.0387. The van der Waals surface area contributed by atoms with Gasteiger partial charge in [-0.3, -0.25) is 14.3 Å². The van der Waals surface area contributed by atoms with Gasteiger partial charge in [0.05, 0.1) is 11.9 Å². The fraction of sp³-hybridized carbons (Fsp3) is 0.0769. The third-order valence-electron chi connectivity index (χ3n) is 2.85. The number of nitrogens with two attached hydrogens (primary N) is 1. The summed E-state index contributed by atoms with van der Waals surface area (Å²) < 4.78 is 1.34. The van der Waals surface area contributed by atoms with Gasteiger partial charge < -0.3 is 10.8 Å². The maximum absolute atomic E-state index is 11.9. The van der Waals surface area contributed by atoms with Crippen LogP contribution in [-0.2, 0) is 0 Å². The highest BCUT2D eigenvalue weighted by Crippen LogP contribution is 2.21. The Hall–Kier alpha value is -2.94. The molecule has 0 saturated heterocycles. The number of carbonyl (C=O) groups excluding carboxylic acids is 1. The van der Waals surface area contributed by atoms with Crippen molar-refractivity contribution in [2.24, 2.45) is 10.8 Å². The first-order chi connectivity index (χ1) is 10.4. The van der Waals surface area contributed by atoms with Crippen molar-refractivity contribution in [2.45, 2.75) is 6.92 Å². The van der Waals surface area contributed by atoms with Gasteiger partial charge in [-0.2, -0.15) is 5.10 Å². The van der Waals surface area contributed by atoms with Crippen LogP contribution in [0.5, 0.6) is 5.88 Å². The number of hydrazone groups is 1. The normalized spacial score (nSPS) is 10.8. The molecule has 2 aromatic rings. The van der Waals surface area contributed by atoms with Crippen LogP contribution in [0.1, 0.15) is 11.1 Å². The molecule has 2 amide bonds. The Morgan fingerprint density at radius 2 is 2.18 bits per heavy atom. The Morgan fingerprint density at radius 3 is 2.82 bits per heavy atom. The van der Waals surface area contributed by atoms with Crippen molar-refractivity contribution in [3.05, 3.63) is 50.5 Å². The minimum Gasteiger partial charge on any atom is -0.494 e. The molecular formula is C13H13N5O3S. The Balaban J connectivity index is 2.65. The maximum Gasteiger partial charge on any atom is 0.332 e. The molecule has 0 unspecified atom stereocenters. The van der Waals surface area contributed by atoms with Gasteiger partial charge in [0, 0.05) is 0 Å². The number of aromatic amines is 1. The van der Waals surface area contributed by atoms with E-state index in [1.54, 1.807) is 12.1 Å². The van der Waals surface area contributed by atoms with E-state index in [1.165, 1.54) is 4.57 Å². The fourth-order valence-corrected chi connectivity index (χ4v) is 2.13. The largest absolute Gasteiger partial charge is 0.494 e. The highest BCUT2D eigenvalue weighted by molar-refractivity contribution is 7.71. The van der Waals surface area contributed by atoms with Gasteiger partial charge in [0.25, 0.3) is 5.56 Å². The summed E-state index contributed by atoms with van der Waals surface area (Å²) >= 11 is 5.10. The SMILES string of the molecule is Cc1ccccc1-n1c(O)c(C=NNC(N)=O)c(=O)[nH]c1=S. The molecule has 0 fully saturated rings. The van der Waals surface area contributed by atoms with E-state index in [2.05, 4.69) is 10.1 Å². The lowest BCUT2D eigenvalue weighted by atomic mass is 10.2. The zero-order chi connectivity index (χ0) is 16.3. The molecule has 0 atom stereocenters. The molecule has 1 heterocycles. The maximum atomic E-state index is 11.9. The number of nitrogens with one attached hydrogen (secondary N) is 2. The van der Waals surface area contributed by atoms with Gasteiger partial charge in [0.2, 0.25) is 5.88 Å². The molecule has 1 aromatic heterocycles. The molecule has 0 radical (unpaired) electrons. The molecule has 22 heavy (non-hydrogen) atoms. The second-order valence-corrected chi connectivity index (χ2v) is 4.74. The number of benzene rings is 1. The smallest absolute Gasteiger partial charge is 0.332 e. The lowest BCUT2D eigenvalue weighted by molar-refractivity contribution is 0.249. The third kappa shape index (κ3) is 3.04. The van der Waals surface area contributed by atoms with E-state index in [9.17, 15) is 14.7 Å². The van der Waals surface area contributed by atoms with Gasteiger partial charge in [0.1, 0.15) is 5.56 Å². The number of amides is 2. The van der Waals surface area contributed by atoms with Crippen molar-refractivity contribution >= 4 is 24.5 Å². The minimum atomic E-state index is -0.890. The van der Waals surface area contributed by atoms with E-state index in [4.69, 9.17) is 18.0 Å². The first-order valence-corrected chi connectivity index (χ1v) is 6.55. The zero-order valence-electron chi connectivity index (χ0n) is 11.5. The molecule has 0 spiro atoms. The van der Waals surface area contributed by atoms with E-state index in [-0.39, 0.29) is 10.3 Å². The van der Waals surface area contributed by atoms with Gasteiger partial charge in [-0.15, -0.1) is 0 Å². The fourth-order valence-electron chi connectivity index (χ4n) is 1.85. The van der Waals surface area contributed by atoms with Crippen LogP contribution in [-0.4, -0.2) is 26.9 Å². The average Bonchev–Trinajstić information content (AvgIpc) is 2.44. The van der Waals surface area contributed by atoms with E-state index < -0.39 is 17.5 Å². The molecule has 8 nitrogen and oxygen atoms in total. The van der Waals surface area contributed by atoms with E-state index in [0.29, 0.717) is 5.69 Å². The summed E-state index contributed by atoms with van der Waals surface area (Å²) in [7, 11) is 0. The van der Waals surface area contributed by atoms with Crippen LogP contribution >= 0.6 is 12.2 Å². The van der Waals surface area contributed by atoms with Crippen molar-refractivity contribution in [1.82, 2.24) is 15.0 Å². The number of rotatable bonds is 3. The first-order valence-electron chi connectivity index (χ1n) is 6.14. The molecule has 2 rings (SSSR count). The Bertz CT molecular complexity index is 869. The zero-order valence-corrected chi connectivity index (χ0v) is 12.3. The van der Waals surface area contributed by atoms with Crippen molar-refractivity contribution in [3.8, 4) is 11.6 Å². The third-order valence-corrected chi connectivity index (χ3v) is 3.13. The molecule has 9 heteroatoms. The second-order valence-electron chi connectivity index (χ2n) is 4.35. The molecule has 114 valence electrons. The number of para-hydroxylation sites is 1. The molecule has 0 aliphatic carbocycles. The Labute approximate surface area is 129 Å². The number of primary amides is 1. The van der Waals surface area contributed by atoms with Crippen LogP contribution in [0, 0.1) is 11.7 Å². The first kappa shape index (κ1) is 15.4. The topological polar surface area (TPSA) is 125 Å². The highest BCUT2D eigenvalue weighted by atomic mass is 32.1. The van der Waals surface area contributed by atoms with Gasteiger partial charge in [-0.25, -0.2) is 10.2 Å². The number of aromatic nitrogens is 2. The number of nitrogens with zero attached hydrogens (tertiary/aromatic N) is 2. The van der Waals surface area contributed by atoms with Crippen molar-refractivity contribution < 1.29 is 9.90 Å². The van der Waals surface area contributed by atoms with Crippen molar-refractivity contribution in [3.63, 3.8) is 0 Å². The van der Waals surface area contributed by atoms with Crippen molar-refractivity contribution in [2.75, 3.05) is 0 Å². The Kier molecular flexibility index (Phi) is 4.37. The van der Waals surface area contributed by atoms with Crippen LogP contribution in [0.2, 0.25) is 0 Å². The molecule has 1 aromatic carbocycles. The van der Waals surface area contributed by atoms with E-state index in [1.807, 2.05) is 24.5 Å². The second kappa shape index (κ2) is 6.22. The molecule has 0 aliphatic heterocycles. The summed E-state index contributed by atoms with van der Waals surface area (Å²) in [4.78, 5) is 24.9. The van der Waals surface area contributed by atoms with Gasteiger partial charge in [-0.05, 0) is 30.8 Å². The van der Waals surface area contributed by atoms with Crippen LogP contribution in [0.4, 0.5) is 4.79 Å². The molecule has 0 saturated carbocycles. The van der Waals surface area contributed by atoms with Crippen LogP contribution < -0.4 is 16.7 Å². The number of urea groups is 1. The van der Waals surface area contributed by atoms with E-state index >= 15 is 0 Å². The number of H-pyrrole nitrogens is 1.